The predicted octanol–water partition coefficient (Wildman–Crippen LogP) is 1.40. The number of hydrogen-bond acceptors (Lipinski definition) is 2. The molecule has 0 radical (unpaired) electrons. The number of esters is 1. The van der Waals surface area contributed by atoms with Gasteiger partial charge in [-0.25, -0.2) is 4.79 Å². The van der Waals surface area contributed by atoms with Crippen LogP contribution in [0.1, 0.15) is 26.7 Å². The van der Waals surface area contributed by atoms with Crippen molar-refractivity contribution < 1.29 is 14.8 Å². The van der Waals surface area contributed by atoms with Crippen LogP contribution in [0, 0.1) is 5.92 Å². The van der Waals surface area contributed by atoms with E-state index in [9.17, 15) is 4.79 Å². The zero-order chi connectivity index (χ0) is 11.5. The van der Waals surface area contributed by atoms with Crippen LogP contribution in [0.25, 0.3) is 0 Å². The van der Waals surface area contributed by atoms with E-state index in [4.69, 9.17) is 4.74 Å². The Kier molecular flexibility index (Phi) is 5.06. The van der Waals surface area contributed by atoms with Crippen molar-refractivity contribution in [2.45, 2.75) is 36.0 Å². The summed E-state index contributed by atoms with van der Waals surface area (Å²) in [5.41, 5.74) is -0.356. The molecule has 1 heterocycles. The highest BCUT2D eigenvalue weighted by atomic mass is 79.9. The van der Waals surface area contributed by atoms with E-state index in [-0.39, 0.29) is 11.6 Å². The third kappa shape index (κ3) is 4.04. The molecule has 0 bridgehead atoms. The van der Waals surface area contributed by atoms with Gasteiger partial charge >= 0.3 is 5.97 Å². The Morgan fingerprint density at radius 3 is 2.40 bits per heavy atom. The summed E-state index contributed by atoms with van der Waals surface area (Å²) in [6, 6.07) is 0. The third-order valence-electron chi connectivity index (χ3n) is 2.96. The van der Waals surface area contributed by atoms with E-state index < -0.39 is 3.74 Å². The highest BCUT2D eigenvalue weighted by Crippen LogP contribution is 2.29. The van der Waals surface area contributed by atoms with Crippen LogP contribution >= 0.6 is 31.9 Å². The number of alkyl halides is 2. The lowest BCUT2D eigenvalue weighted by atomic mass is 9.83. The zero-order valence-electron chi connectivity index (χ0n) is 9.13. The van der Waals surface area contributed by atoms with Crippen molar-refractivity contribution >= 4 is 37.8 Å². The Morgan fingerprint density at radius 1 is 1.40 bits per heavy atom. The largest absolute Gasteiger partial charge is 0.458 e. The van der Waals surface area contributed by atoms with Crippen LogP contribution in [0.2, 0.25) is 0 Å². The fourth-order valence-electron chi connectivity index (χ4n) is 2.01. The quantitative estimate of drug-likeness (QED) is 0.621. The summed E-state index contributed by atoms with van der Waals surface area (Å²) in [6.45, 7) is 6.28. The van der Waals surface area contributed by atoms with Gasteiger partial charge in [-0.15, -0.1) is 0 Å². The minimum Gasteiger partial charge on any atom is -0.458 e. The number of hydrogen-bond donors (Lipinski definition) is 1. The predicted molar refractivity (Wildman–Crippen MR) is 66.2 cm³/mol. The zero-order valence-corrected chi connectivity index (χ0v) is 12.3. The summed E-state index contributed by atoms with van der Waals surface area (Å²) < 4.78 is 5.09. The Labute approximate surface area is 108 Å². The first-order valence-electron chi connectivity index (χ1n) is 5.26. The summed E-state index contributed by atoms with van der Waals surface area (Å²) in [7, 11) is 0. The number of rotatable bonds is 3. The SMILES string of the molecule is CC(C)(OC(=O)C(Br)Br)C1CC[NH2+]CC1. The topological polar surface area (TPSA) is 42.9 Å². The molecule has 15 heavy (non-hydrogen) atoms. The highest BCUT2D eigenvalue weighted by molar-refractivity contribution is 9.25. The van der Waals surface area contributed by atoms with E-state index in [1.807, 2.05) is 13.8 Å². The van der Waals surface area contributed by atoms with Crippen molar-refractivity contribution in [1.29, 1.82) is 0 Å². The first-order valence-corrected chi connectivity index (χ1v) is 7.09. The van der Waals surface area contributed by atoms with Crippen molar-refractivity contribution in [3.63, 3.8) is 0 Å². The summed E-state index contributed by atoms with van der Waals surface area (Å²) in [6.07, 6.45) is 2.24. The van der Waals surface area contributed by atoms with Gasteiger partial charge in [-0.1, -0.05) is 31.9 Å². The standard InChI is InChI=1S/C10H17Br2NO2/c1-10(2,15-9(14)8(11)12)7-3-5-13-6-4-7/h7-8,13H,3-6H2,1-2H3/p+1. The number of nitrogens with two attached hydrogens (primary N) is 1. The summed E-state index contributed by atoms with van der Waals surface area (Å²) in [4.78, 5) is 11.5. The van der Waals surface area contributed by atoms with Crippen LogP contribution in [-0.2, 0) is 9.53 Å². The van der Waals surface area contributed by atoms with Gasteiger partial charge in [0, 0.05) is 18.8 Å². The smallest absolute Gasteiger partial charge is 0.331 e. The molecular formula is C10H18Br2NO2+. The molecule has 3 nitrogen and oxygen atoms in total. The molecule has 1 fully saturated rings. The van der Waals surface area contributed by atoms with E-state index in [1.165, 1.54) is 0 Å². The molecule has 1 rings (SSSR count). The van der Waals surface area contributed by atoms with Crippen LogP contribution in [-0.4, -0.2) is 28.4 Å². The highest BCUT2D eigenvalue weighted by Gasteiger charge is 2.36. The van der Waals surface area contributed by atoms with Gasteiger partial charge in [-0.2, -0.15) is 0 Å². The first-order chi connectivity index (χ1) is 6.93. The number of piperidine rings is 1. The number of ether oxygens (including phenoxy) is 1. The number of carbonyl (C=O) groups is 1. The van der Waals surface area contributed by atoms with Crippen LogP contribution < -0.4 is 5.32 Å². The molecule has 5 heteroatoms. The molecule has 0 aromatic heterocycles. The van der Waals surface area contributed by atoms with E-state index in [1.54, 1.807) is 0 Å². The third-order valence-corrected chi connectivity index (χ3v) is 3.71. The molecule has 0 spiro atoms. The van der Waals surface area contributed by atoms with Crippen LogP contribution in [0.5, 0.6) is 0 Å². The lowest BCUT2D eigenvalue weighted by Crippen LogP contribution is -2.86. The molecule has 0 aromatic rings. The van der Waals surface area contributed by atoms with E-state index in [2.05, 4.69) is 37.2 Å². The molecule has 0 unspecified atom stereocenters. The van der Waals surface area contributed by atoms with Gasteiger partial charge in [0.2, 0.25) is 0 Å². The summed E-state index contributed by atoms with van der Waals surface area (Å²) >= 11 is 6.30. The molecular weight excluding hydrogens is 326 g/mol. The van der Waals surface area contributed by atoms with Crippen molar-refractivity contribution in [3.05, 3.63) is 0 Å². The van der Waals surface area contributed by atoms with Gasteiger partial charge in [-0.3, -0.25) is 0 Å². The van der Waals surface area contributed by atoms with Crippen molar-refractivity contribution in [3.8, 4) is 0 Å². The van der Waals surface area contributed by atoms with Crippen molar-refractivity contribution in [2.75, 3.05) is 13.1 Å². The van der Waals surface area contributed by atoms with E-state index >= 15 is 0 Å². The molecule has 1 aliphatic heterocycles. The fraction of sp³-hybridized carbons (Fsp3) is 0.900. The van der Waals surface area contributed by atoms with E-state index in [0.29, 0.717) is 5.92 Å². The number of quaternary nitrogens is 1. The van der Waals surface area contributed by atoms with Gasteiger partial charge < -0.3 is 10.1 Å². The molecule has 0 saturated carbocycles. The van der Waals surface area contributed by atoms with Gasteiger partial charge in [0.15, 0.2) is 3.74 Å². The van der Waals surface area contributed by atoms with Gasteiger partial charge in [0.1, 0.15) is 5.60 Å². The summed E-state index contributed by atoms with van der Waals surface area (Å²) in [5.74, 6) is 0.236. The molecule has 0 atom stereocenters. The molecule has 1 saturated heterocycles. The maximum atomic E-state index is 11.5. The second-order valence-electron chi connectivity index (χ2n) is 4.47. The second kappa shape index (κ2) is 5.64. The molecule has 88 valence electrons. The van der Waals surface area contributed by atoms with E-state index in [0.717, 1.165) is 25.9 Å². The maximum Gasteiger partial charge on any atom is 0.331 e. The lowest BCUT2D eigenvalue weighted by molar-refractivity contribution is -0.665. The van der Waals surface area contributed by atoms with Crippen LogP contribution in [0.3, 0.4) is 0 Å². The normalized spacial score (nSPS) is 19.3. The molecule has 1 aliphatic rings. The average Bonchev–Trinajstić information content (AvgIpc) is 2.18. The lowest BCUT2D eigenvalue weighted by Gasteiger charge is -2.35. The van der Waals surface area contributed by atoms with Gasteiger partial charge in [-0.05, 0) is 13.8 Å². The minimum absolute atomic E-state index is 0.241. The molecule has 0 amide bonds. The fourth-order valence-corrected chi connectivity index (χ4v) is 2.20. The number of halogens is 2. The van der Waals surface area contributed by atoms with Crippen molar-refractivity contribution in [2.24, 2.45) is 5.92 Å². The number of carbonyl (C=O) groups excluding carboxylic acids is 1. The van der Waals surface area contributed by atoms with Gasteiger partial charge in [0.25, 0.3) is 0 Å². The Balaban J connectivity index is 2.52. The maximum absolute atomic E-state index is 11.5. The molecule has 0 aromatic carbocycles. The van der Waals surface area contributed by atoms with Gasteiger partial charge in [0.05, 0.1) is 13.1 Å². The monoisotopic (exact) mass is 342 g/mol. The van der Waals surface area contributed by atoms with Crippen molar-refractivity contribution in [1.82, 2.24) is 0 Å². The first kappa shape index (κ1) is 13.5. The average molecular weight is 344 g/mol. The van der Waals surface area contributed by atoms with Crippen LogP contribution in [0.15, 0.2) is 0 Å². The second-order valence-corrected chi connectivity index (χ2v) is 7.53. The molecule has 2 N–H and O–H groups in total. The minimum atomic E-state index is -0.403. The summed E-state index contributed by atoms with van der Waals surface area (Å²) in [5, 5.41) is 2.31. The Hall–Kier alpha value is 0.390. The van der Waals surface area contributed by atoms with Crippen LogP contribution in [0.4, 0.5) is 0 Å². The Bertz CT molecular complexity index is 225. The molecule has 0 aliphatic carbocycles. The Morgan fingerprint density at radius 2 is 1.93 bits per heavy atom.